The third-order valence-corrected chi connectivity index (χ3v) is 5.49. The molecule has 1 atom stereocenters. The molecule has 3 aromatic rings. The Morgan fingerprint density at radius 2 is 1.96 bits per heavy atom. The summed E-state index contributed by atoms with van der Waals surface area (Å²) >= 11 is 0. The summed E-state index contributed by atoms with van der Waals surface area (Å²) in [7, 11) is 1.86. The number of anilines is 2. The summed E-state index contributed by atoms with van der Waals surface area (Å²) in [5, 5.41) is 8.41. The van der Waals surface area contributed by atoms with E-state index in [1.807, 2.05) is 7.05 Å². The highest BCUT2D eigenvalue weighted by Crippen LogP contribution is 2.24. The molecule has 4 rings (SSSR count). The van der Waals surface area contributed by atoms with Gasteiger partial charge >= 0.3 is 0 Å². The molecule has 0 saturated heterocycles. The summed E-state index contributed by atoms with van der Waals surface area (Å²) in [5.41, 5.74) is 9.74. The van der Waals surface area contributed by atoms with Crippen LogP contribution in [-0.4, -0.2) is 43.8 Å². The number of hydrogen-bond acceptors (Lipinski definition) is 6. The van der Waals surface area contributed by atoms with Crippen molar-refractivity contribution in [2.24, 2.45) is 13.0 Å². The Hall–Kier alpha value is -2.67. The quantitative estimate of drug-likeness (QED) is 0.722. The Kier molecular flexibility index (Phi) is 4.70. The van der Waals surface area contributed by atoms with E-state index in [1.54, 1.807) is 10.9 Å². The monoisotopic (exact) mass is 365 g/mol. The molecule has 0 saturated carbocycles. The van der Waals surface area contributed by atoms with Crippen LogP contribution in [0.2, 0.25) is 0 Å². The Bertz CT molecular complexity index is 947. The van der Waals surface area contributed by atoms with Crippen molar-refractivity contribution in [3.63, 3.8) is 0 Å². The summed E-state index contributed by atoms with van der Waals surface area (Å²) in [6.45, 7) is 7.39. The summed E-state index contributed by atoms with van der Waals surface area (Å²) in [6.07, 6.45) is 2.81. The predicted molar refractivity (Wildman–Crippen MR) is 108 cm³/mol. The molecule has 1 aliphatic heterocycles. The number of aromatic nitrogens is 4. The third kappa shape index (κ3) is 3.47. The summed E-state index contributed by atoms with van der Waals surface area (Å²) < 4.78 is 1.72. The third-order valence-electron chi connectivity index (χ3n) is 5.49. The first kappa shape index (κ1) is 17.7. The lowest BCUT2D eigenvalue weighted by atomic mass is 9.95. The molecular weight excluding hydrogens is 338 g/mol. The number of aryl methyl sites for hydroxylation is 1. The van der Waals surface area contributed by atoms with Gasteiger partial charge in [-0.1, -0.05) is 38.1 Å². The van der Waals surface area contributed by atoms with Crippen LogP contribution in [0.4, 0.5) is 11.8 Å². The van der Waals surface area contributed by atoms with Gasteiger partial charge in [0, 0.05) is 32.7 Å². The minimum Gasteiger partial charge on any atom is -0.383 e. The molecule has 142 valence electrons. The lowest BCUT2D eigenvalue weighted by Crippen LogP contribution is -2.46. The molecule has 27 heavy (non-hydrogen) atoms. The van der Waals surface area contributed by atoms with Crippen LogP contribution in [-0.2, 0) is 20.0 Å². The van der Waals surface area contributed by atoms with Gasteiger partial charge in [-0.2, -0.15) is 15.1 Å². The van der Waals surface area contributed by atoms with Crippen LogP contribution >= 0.6 is 0 Å². The van der Waals surface area contributed by atoms with E-state index in [9.17, 15) is 0 Å². The van der Waals surface area contributed by atoms with Gasteiger partial charge < -0.3 is 11.1 Å². The lowest BCUT2D eigenvalue weighted by molar-refractivity contribution is 0.147. The largest absolute Gasteiger partial charge is 0.383 e. The van der Waals surface area contributed by atoms with E-state index in [1.165, 1.54) is 11.1 Å². The normalized spacial score (nSPS) is 15.9. The van der Waals surface area contributed by atoms with Gasteiger partial charge in [-0.15, -0.1) is 0 Å². The average molecular weight is 365 g/mol. The van der Waals surface area contributed by atoms with Crippen molar-refractivity contribution in [1.82, 2.24) is 24.6 Å². The van der Waals surface area contributed by atoms with Crippen molar-refractivity contribution >= 4 is 22.8 Å². The SMILES string of the molecule is CC(C)C(CNc1nc(N)c2cnn(C)c2n1)N1CCc2ccccc2C1. The first-order valence-electron chi connectivity index (χ1n) is 9.53. The topological polar surface area (TPSA) is 84.9 Å². The first-order chi connectivity index (χ1) is 13.0. The number of benzene rings is 1. The van der Waals surface area contributed by atoms with E-state index in [0.717, 1.165) is 37.1 Å². The standard InChI is InChI=1S/C20H27N7/c1-13(2)17(27-9-8-14-6-4-5-7-15(14)12-27)11-22-20-24-18(21)16-10-23-26(3)19(16)25-20/h4-7,10,13,17H,8-9,11-12H2,1-3H3,(H3,21,22,24,25). The number of fused-ring (bicyclic) bond motifs is 2. The predicted octanol–water partition coefficient (Wildman–Crippen LogP) is 2.44. The molecule has 7 heteroatoms. The van der Waals surface area contributed by atoms with E-state index >= 15 is 0 Å². The maximum Gasteiger partial charge on any atom is 0.226 e. The van der Waals surface area contributed by atoms with Gasteiger partial charge in [0.1, 0.15) is 5.82 Å². The van der Waals surface area contributed by atoms with E-state index in [-0.39, 0.29) is 0 Å². The van der Waals surface area contributed by atoms with Crippen LogP contribution < -0.4 is 11.1 Å². The minimum atomic E-state index is 0.394. The molecule has 3 N–H and O–H groups in total. The maximum absolute atomic E-state index is 6.08. The number of nitrogens with one attached hydrogen (secondary N) is 1. The lowest BCUT2D eigenvalue weighted by Gasteiger charge is -2.38. The van der Waals surface area contributed by atoms with Crippen LogP contribution in [0.15, 0.2) is 30.5 Å². The summed E-state index contributed by atoms with van der Waals surface area (Å²) in [5.74, 6) is 1.54. The van der Waals surface area contributed by atoms with Crippen molar-refractivity contribution in [1.29, 1.82) is 0 Å². The number of hydrogen-bond donors (Lipinski definition) is 2. The fraction of sp³-hybridized carbons (Fsp3) is 0.450. The van der Waals surface area contributed by atoms with E-state index < -0.39 is 0 Å². The second-order valence-electron chi connectivity index (χ2n) is 7.62. The molecule has 0 amide bonds. The molecule has 1 aromatic carbocycles. The fourth-order valence-electron chi connectivity index (χ4n) is 3.91. The van der Waals surface area contributed by atoms with Gasteiger partial charge in [-0.25, -0.2) is 0 Å². The highest BCUT2D eigenvalue weighted by atomic mass is 15.3. The van der Waals surface area contributed by atoms with Crippen LogP contribution in [0.1, 0.15) is 25.0 Å². The molecule has 2 aromatic heterocycles. The number of nitrogens with zero attached hydrogens (tertiary/aromatic N) is 5. The maximum atomic E-state index is 6.08. The average Bonchev–Trinajstić information content (AvgIpc) is 3.03. The zero-order valence-corrected chi connectivity index (χ0v) is 16.2. The molecule has 3 heterocycles. The van der Waals surface area contributed by atoms with Crippen molar-refractivity contribution < 1.29 is 0 Å². The molecule has 0 bridgehead atoms. The molecule has 0 aliphatic carbocycles. The minimum absolute atomic E-state index is 0.394. The second kappa shape index (κ2) is 7.15. The Morgan fingerprint density at radius 3 is 2.74 bits per heavy atom. The van der Waals surface area contributed by atoms with Crippen LogP contribution in [0.5, 0.6) is 0 Å². The Balaban J connectivity index is 1.51. The molecule has 1 unspecified atom stereocenters. The molecule has 1 aliphatic rings. The zero-order valence-electron chi connectivity index (χ0n) is 16.2. The van der Waals surface area contributed by atoms with Gasteiger partial charge in [0.25, 0.3) is 0 Å². The van der Waals surface area contributed by atoms with Gasteiger partial charge in [-0.3, -0.25) is 9.58 Å². The zero-order chi connectivity index (χ0) is 19.0. The van der Waals surface area contributed by atoms with E-state index in [2.05, 4.69) is 63.4 Å². The molecular formula is C20H27N7. The van der Waals surface area contributed by atoms with Crippen LogP contribution in [0.25, 0.3) is 11.0 Å². The number of nitrogen functional groups attached to an aromatic ring is 1. The first-order valence-corrected chi connectivity index (χ1v) is 9.53. The summed E-state index contributed by atoms with van der Waals surface area (Å²) in [6, 6.07) is 9.14. The van der Waals surface area contributed by atoms with Crippen molar-refractivity contribution in [3.8, 4) is 0 Å². The molecule has 0 spiro atoms. The fourth-order valence-corrected chi connectivity index (χ4v) is 3.91. The highest BCUT2D eigenvalue weighted by molar-refractivity contribution is 5.86. The van der Waals surface area contributed by atoms with Gasteiger partial charge in [-0.05, 0) is 23.5 Å². The van der Waals surface area contributed by atoms with Crippen LogP contribution in [0.3, 0.4) is 0 Å². The second-order valence-corrected chi connectivity index (χ2v) is 7.62. The molecule has 7 nitrogen and oxygen atoms in total. The van der Waals surface area contributed by atoms with Gasteiger partial charge in [0.05, 0.1) is 11.6 Å². The summed E-state index contributed by atoms with van der Waals surface area (Å²) in [4.78, 5) is 11.6. The van der Waals surface area contributed by atoms with Gasteiger partial charge in [0.15, 0.2) is 5.65 Å². The molecule has 0 radical (unpaired) electrons. The van der Waals surface area contributed by atoms with Crippen molar-refractivity contribution in [2.75, 3.05) is 24.1 Å². The van der Waals surface area contributed by atoms with Crippen molar-refractivity contribution in [3.05, 3.63) is 41.6 Å². The molecule has 0 fully saturated rings. The Morgan fingerprint density at radius 1 is 1.19 bits per heavy atom. The number of rotatable bonds is 5. The van der Waals surface area contributed by atoms with Crippen LogP contribution in [0, 0.1) is 5.92 Å². The van der Waals surface area contributed by atoms with Crippen molar-refractivity contribution in [2.45, 2.75) is 32.9 Å². The van der Waals surface area contributed by atoms with E-state index in [4.69, 9.17) is 5.73 Å². The number of nitrogens with two attached hydrogens (primary N) is 1. The van der Waals surface area contributed by atoms with Gasteiger partial charge in [0.2, 0.25) is 5.95 Å². The Labute approximate surface area is 159 Å². The highest BCUT2D eigenvalue weighted by Gasteiger charge is 2.26. The van der Waals surface area contributed by atoms with E-state index in [0.29, 0.717) is 23.7 Å². The smallest absolute Gasteiger partial charge is 0.226 e.